The molecule has 0 unspecified atom stereocenters. The molecule has 2 aromatic rings. The molecule has 0 spiro atoms. The van der Waals surface area contributed by atoms with Gasteiger partial charge in [-0.05, 0) is 31.7 Å². The van der Waals surface area contributed by atoms with Crippen LogP contribution in [0.4, 0.5) is 11.5 Å². The van der Waals surface area contributed by atoms with Crippen molar-refractivity contribution in [2.75, 3.05) is 18.0 Å². The molecule has 1 aromatic carbocycles. The van der Waals surface area contributed by atoms with Gasteiger partial charge < -0.3 is 10.6 Å². The highest BCUT2D eigenvalue weighted by Crippen LogP contribution is 2.22. The van der Waals surface area contributed by atoms with E-state index in [1.165, 1.54) is 0 Å². The third-order valence-corrected chi connectivity index (χ3v) is 2.72. The summed E-state index contributed by atoms with van der Waals surface area (Å²) in [4.78, 5) is 10.9. The fourth-order valence-corrected chi connectivity index (χ4v) is 1.87. The molecule has 2 rings (SSSR count). The minimum atomic E-state index is 0.570. The molecular weight excluding hydrogens is 224 g/mol. The van der Waals surface area contributed by atoms with Crippen LogP contribution in [0.15, 0.2) is 42.6 Å². The average molecular weight is 242 g/mol. The second-order valence-electron chi connectivity index (χ2n) is 3.95. The Labute approximate surface area is 107 Å². The topological polar surface area (TPSA) is 55.0 Å². The first kappa shape index (κ1) is 12.5. The van der Waals surface area contributed by atoms with Crippen molar-refractivity contribution >= 4 is 11.5 Å². The molecule has 0 saturated heterocycles. The van der Waals surface area contributed by atoms with E-state index in [1.54, 1.807) is 6.20 Å². The summed E-state index contributed by atoms with van der Waals surface area (Å²) in [5, 5.41) is 0. The Bertz CT molecular complexity index is 484. The Morgan fingerprint density at radius 1 is 1.17 bits per heavy atom. The zero-order chi connectivity index (χ0) is 12.8. The van der Waals surface area contributed by atoms with Gasteiger partial charge in [-0.1, -0.05) is 18.2 Å². The zero-order valence-electron chi connectivity index (χ0n) is 10.6. The first-order chi connectivity index (χ1) is 8.85. The highest BCUT2D eigenvalue weighted by Gasteiger charge is 2.08. The fraction of sp³-hybridized carbons (Fsp3) is 0.286. The van der Waals surface area contributed by atoms with E-state index < -0.39 is 0 Å². The molecule has 0 amide bonds. The third-order valence-electron chi connectivity index (χ3n) is 2.72. The van der Waals surface area contributed by atoms with Crippen molar-refractivity contribution in [2.24, 2.45) is 5.73 Å². The monoisotopic (exact) mass is 242 g/mol. The normalized spacial score (nSPS) is 10.3. The van der Waals surface area contributed by atoms with Crippen LogP contribution in [0.1, 0.15) is 12.7 Å². The predicted molar refractivity (Wildman–Crippen MR) is 73.9 cm³/mol. The predicted octanol–water partition coefficient (Wildman–Crippen LogP) is 2.14. The molecule has 4 nitrogen and oxygen atoms in total. The zero-order valence-corrected chi connectivity index (χ0v) is 10.6. The van der Waals surface area contributed by atoms with E-state index >= 15 is 0 Å². The standard InChI is InChI=1S/C14H18N4/c1-2-18(12-6-4-3-5-7-12)14-9-11-16-13(17-14)8-10-15/h3-7,9,11H,2,8,10,15H2,1H3. The molecule has 4 heteroatoms. The summed E-state index contributed by atoms with van der Waals surface area (Å²) in [6.07, 6.45) is 2.50. The number of aromatic nitrogens is 2. The number of anilines is 2. The third kappa shape index (κ3) is 2.84. The molecule has 2 N–H and O–H groups in total. The van der Waals surface area contributed by atoms with Crippen molar-refractivity contribution in [1.29, 1.82) is 0 Å². The largest absolute Gasteiger partial charge is 0.330 e. The van der Waals surface area contributed by atoms with Crippen LogP contribution < -0.4 is 10.6 Å². The summed E-state index contributed by atoms with van der Waals surface area (Å²) in [7, 11) is 0. The average Bonchev–Trinajstić information content (AvgIpc) is 2.42. The van der Waals surface area contributed by atoms with Gasteiger partial charge in [0.15, 0.2) is 0 Å². The number of nitrogens with two attached hydrogens (primary N) is 1. The van der Waals surface area contributed by atoms with E-state index in [2.05, 4.69) is 33.9 Å². The van der Waals surface area contributed by atoms with Gasteiger partial charge in [0.05, 0.1) is 0 Å². The fourth-order valence-electron chi connectivity index (χ4n) is 1.87. The molecule has 0 saturated carbocycles. The van der Waals surface area contributed by atoms with Crippen LogP contribution in [-0.2, 0) is 6.42 Å². The van der Waals surface area contributed by atoms with Gasteiger partial charge >= 0.3 is 0 Å². The van der Waals surface area contributed by atoms with Crippen molar-refractivity contribution in [2.45, 2.75) is 13.3 Å². The number of hydrogen-bond donors (Lipinski definition) is 1. The smallest absolute Gasteiger partial charge is 0.136 e. The summed E-state index contributed by atoms with van der Waals surface area (Å²) < 4.78 is 0. The van der Waals surface area contributed by atoms with Crippen LogP contribution in [0.2, 0.25) is 0 Å². The van der Waals surface area contributed by atoms with Crippen LogP contribution in [0.5, 0.6) is 0 Å². The molecule has 0 aliphatic carbocycles. The van der Waals surface area contributed by atoms with Crippen molar-refractivity contribution in [3.63, 3.8) is 0 Å². The van der Waals surface area contributed by atoms with Crippen molar-refractivity contribution in [3.05, 3.63) is 48.4 Å². The molecule has 0 fully saturated rings. The lowest BCUT2D eigenvalue weighted by atomic mass is 10.3. The van der Waals surface area contributed by atoms with Gasteiger partial charge in [-0.15, -0.1) is 0 Å². The molecule has 0 bridgehead atoms. The molecule has 0 radical (unpaired) electrons. The van der Waals surface area contributed by atoms with E-state index in [9.17, 15) is 0 Å². The number of benzene rings is 1. The Hall–Kier alpha value is -1.94. The van der Waals surface area contributed by atoms with Gasteiger partial charge in [0.1, 0.15) is 11.6 Å². The van der Waals surface area contributed by atoms with Gasteiger partial charge in [-0.2, -0.15) is 0 Å². The maximum Gasteiger partial charge on any atom is 0.136 e. The lowest BCUT2D eigenvalue weighted by Crippen LogP contribution is -2.18. The minimum Gasteiger partial charge on any atom is -0.330 e. The quantitative estimate of drug-likeness (QED) is 0.872. The highest BCUT2D eigenvalue weighted by molar-refractivity contribution is 5.59. The van der Waals surface area contributed by atoms with E-state index in [4.69, 9.17) is 5.73 Å². The van der Waals surface area contributed by atoms with Gasteiger partial charge in [-0.25, -0.2) is 9.97 Å². The summed E-state index contributed by atoms with van der Waals surface area (Å²) in [5.41, 5.74) is 6.67. The van der Waals surface area contributed by atoms with Crippen LogP contribution in [0, 0.1) is 0 Å². The number of rotatable bonds is 5. The summed E-state index contributed by atoms with van der Waals surface area (Å²) >= 11 is 0. The van der Waals surface area contributed by atoms with E-state index in [0.29, 0.717) is 13.0 Å². The minimum absolute atomic E-state index is 0.570. The Balaban J connectivity index is 2.30. The Morgan fingerprint density at radius 2 is 1.94 bits per heavy atom. The maximum absolute atomic E-state index is 5.54. The maximum atomic E-state index is 5.54. The van der Waals surface area contributed by atoms with Gasteiger partial charge in [0.2, 0.25) is 0 Å². The summed E-state index contributed by atoms with van der Waals surface area (Å²) in [6.45, 7) is 3.54. The van der Waals surface area contributed by atoms with Crippen molar-refractivity contribution in [1.82, 2.24) is 9.97 Å². The van der Waals surface area contributed by atoms with Gasteiger partial charge in [-0.3, -0.25) is 0 Å². The molecule has 0 atom stereocenters. The molecular formula is C14H18N4. The lowest BCUT2D eigenvalue weighted by Gasteiger charge is -2.22. The van der Waals surface area contributed by atoms with E-state index in [1.807, 2.05) is 24.3 Å². The second kappa shape index (κ2) is 6.12. The first-order valence-corrected chi connectivity index (χ1v) is 6.19. The summed E-state index contributed by atoms with van der Waals surface area (Å²) in [5.74, 6) is 1.71. The number of hydrogen-bond acceptors (Lipinski definition) is 4. The van der Waals surface area contributed by atoms with Crippen molar-refractivity contribution in [3.8, 4) is 0 Å². The summed E-state index contributed by atoms with van der Waals surface area (Å²) in [6, 6.07) is 12.1. The molecule has 94 valence electrons. The SMILES string of the molecule is CCN(c1ccccc1)c1ccnc(CCN)n1. The molecule has 0 aliphatic heterocycles. The number of para-hydroxylation sites is 1. The number of nitrogens with zero attached hydrogens (tertiary/aromatic N) is 3. The van der Waals surface area contributed by atoms with Crippen LogP contribution in [0.3, 0.4) is 0 Å². The van der Waals surface area contributed by atoms with Crippen LogP contribution >= 0.6 is 0 Å². The van der Waals surface area contributed by atoms with E-state index in [-0.39, 0.29) is 0 Å². The Kier molecular flexibility index (Phi) is 4.25. The Morgan fingerprint density at radius 3 is 2.61 bits per heavy atom. The molecule has 0 aliphatic rings. The molecule has 18 heavy (non-hydrogen) atoms. The second-order valence-corrected chi connectivity index (χ2v) is 3.95. The van der Waals surface area contributed by atoms with Crippen molar-refractivity contribution < 1.29 is 0 Å². The van der Waals surface area contributed by atoms with Crippen LogP contribution in [0.25, 0.3) is 0 Å². The first-order valence-electron chi connectivity index (χ1n) is 6.19. The van der Waals surface area contributed by atoms with Gasteiger partial charge in [0.25, 0.3) is 0 Å². The highest BCUT2D eigenvalue weighted by atomic mass is 15.2. The molecule has 1 aromatic heterocycles. The van der Waals surface area contributed by atoms with Gasteiger partial charge in [0, 0.05) is 24.8 Å². The lowest BCUT2D eigenvalue weighted by molar-refractivity contribution is 0.853. The van der Waals surface area contributed by atoms with Crippen LogP contribution in [-0.4, -0.2) is 23.1 Å². The molecule has 1 heterocycles. The van der Waals surface area contributed by atoms with E-state index in [0.717, 1.165) is 23.9 Å².